The molecule has 0 bridgehead atoms. The molecule has 1 heterocycles. The van der Waals surface area contributed by atoms with Gasteiger partial charge in [0.2, 0.25) is 0 Å². The lowest BCUT2D eigenvalue weighted by atomic mass is 9.89. The van der Waals surface area contributed by atoms with Gasteiger partial charge in [-0.3, -0.25) is 4.79 Å². The molecule has 1 saturated carbocycles. The molecule has 0 spiro atoms. The highest BCUT2D eigenvalue weighted by Gasteiger charge is 2.24. The smallest absolute Gasteiger partial charge is 0.326 e. The van der Waals surface area contributed by atoms with Crippen LogP contribution in [0.3, 0.4) is 0 Å². The third kappa shape index (κ3) is 3.29. The maximum Gasteiger partial charge on any atom is 0.326 e. The number of carbonyl (C=O) groups is 2. The van der Waals surface area contributed by atoms with Gasteiger partial charge in [-0.2, -0.15) is 4.99 Å². The molecule has 0 radical (unpaired) electrons. The number of para-hydroxylation sites is 1. The molecular formula is C18H22N2O3S. The monoisotopic (exact) mass is 346 g/mol. The van der Waals surface area contributed by atoms with E-state index in [1.807, 2.05) is 31.2 Å². The van der Waals surface area contributed by atoms with Gasteiger partial charge in [-0.05, 0) is 31.4 Å². The van der Waals surface area contributed by atoms with Gasteiger partial charge in [0.05, 0.1) is 10.2 Å². The Hall–Kier alpha value is -1.95. The SMILES string of the molecule is CCC(C(=O)O)n1/c(=N\C(=O)C2CCCCC2)sc2ccccc21. The van der Waals surface area contributed by atoms with E-state index in [1.54, 1.807) is 4.57 Å². The zero-order valence-corrected chi connectivity index (χ0v) is 14.6. The predicted octanol–water partition coefficient (Wildman–Crippen LogP) is 3.75. The second-order valence-electron chi connectivity index (χ2n) is 6.27. The van der Waals surface area contributed by atoms with Crippen LogP contribution in [0.15, 0.2) is 29.3 Å². The molecule has 1 N–H and O–H groups in total. The summed E-state index contributed by atoms with van der Waals surface area (Å²) in [5.74, 6) is -1.01. The molecule has 1 aliphatic rings. The summed E-state index contributed by atoms with van der Waals surface area (Å²) in [6.45, 7) is 1.84. The van der Waals surface area contributed by atoms with E-state index in [0.29, 0.717) is 11.2 Å². The van der Waals surface area contributed by atoms with Gasteiger partial charge in [-0.1, -0.05) is 49.7 Å². The number of aliphatic carboxylic acids is 1. The maximum absolute atomic E-state index is 12.6. The molecule has 6 heteroatoms. The first kappa shape index (κ1) is 16.9. The van der Waals surface area contributed by atoms with Crippen LogP contribution in [0.1, 0.15) is 51.5 Å². The van der Waals surface area contributed by atoms with Crippen LogP contribution in [0.2, 0.25) is 0 Å². The number of hydrogen-bond donors (Lipinski definition) is 1. The van der Waals surface area contributed by atoms with Crippen LogP contribution in [-0.4, -0.2) is 21.6 Å². The molecule has 24 heavy (non-hydrogen) atoms. The first-order valence-electron chi connectivity index (χ1n) is 8.53. The van der Waals surface area contributed by atoms with Crippen LogP contribution in [0.5, 0.6) is 0 Å². The molecule has 3 rings (SSSR count). The number of aromatic nitrogens is 1. The van der Waals surface area contributed by atoms with E-state index in [9.17, 15) is 14.7 Å². The van der Waals surface area contributed by atoms with E-state index in [1.165, 1.54) is 17.8 Å². The average molecular weight is 346 g/mol. The second-order valence-corrected chi connectivity index (χ2v) is 7.28. The Bertz CT molecular complexity index is 815. The number of carboxylic acid groups (broad SMARTS) is 1. The summed E-state index contributed by atoms with van der Waals surface area (Å²) in [4.78, 5) is 29.1. The zero-order valence-electron chi connectivity index (χ0n) is 13.8. The van der Waals surface area contributed by atoms with Crippen molar-refractivity contribution in [2.45, 2.75) is 51.5 Å². The molecule has 2 aromatic rings. The van der Waals surface area contributed by atoms with Gasteiger partial charge < -0.3 is 9.67 Å². The summed E-state index contributed by atoms with van der Waals surface area (Å²) in [5.41, 5.74) is 0.826. The number of fused-ring (bicyclic) bond motifs is 1. The zero-order chi connectivity index (χ0) is 17.1. The number of nitrogens with zero attached hydrogens (tertiary/aromatic N) is 2. The van der Waals surface area contributed by atoms with Crippen molar-refractivity contribution in [3.63, 3.8) is 0 Å². The van der Waals surface area contributed by atoms with Crippen molar-refractivity contribution >= 4 is 33.4 Å². The first-order valence-corrected chi connectivity index (χ1v) is 9.35. The summed E-state index contributed by atoms with van der Waals surface area (Å²) >= 11 is 1.39. The number of carboxylic acids is 1. The first-order chi connectivity index (χ1) is 11.6. The van der Waals surface area contributed by atoms with E-state index in [2.05, 4.69) is 4.99 Å². The Kier molecular flexibility index (Phi) is 5.14. The lowest BCUT2D eigenvalue weighted by Gasteiger charge is -2.18. The summed E-state index contributed by atoms with van der Waals surface area (Å²) in [6.07, 6.45) is 5.56. The summed E-state index contributed by atoms with van der Waals surface area (Å²) < 4.78 is 2.66. The summed E-state index contributed by atoms with van der Waals surface area (Å²) in [7, 11) is 0. The molecule has 0 aliphatic heterocycles. The molecule has 5 nitrogen and oxygen atoms in total. The van der Waals surface area contributed by atoms with Crippen LogP contribution in [-0.2, 0) is 9.59 Å². The number of benzene rings is 1. The normalized spacial score (nSPS) is 18.0. The third-order valence-electron chi connectivity index (χ3n) is 4.68. The van der Waals surface area contributed by atoms with Gasteiger partial charge >= 0.3 is 5.97 Å². The minimum Gasteiger partial charge on any atom is -0.480 e. The Labute approximate surface area is 144 Å². The minimum atomic E-state index is -0.896. The fourth-order valence-electron chi connectivity index (χ4n) is 3.37. The average Bonchev–Trinajstić information content (AvgIpc) is 2.94. The number of carbonyl (C=O) groups excluding carboxylic acids is 1. The summed E-state index contributed by atoms with van der Waals surface area (Å²) in [6, 6.07) is 6.92. The molecule has 1 aliphatic carbocycles. The van der Waals surface area contributed by atoms with Crippen LogP contribution >= 0.6 is 11.3 Å². The minimum absolute atomic E-state index is 0.0117. The molecular weight excluding hydrogens is 324 g/mol. The Balaban J connectivity index is 2.10. The fraction of sp³-hybridized carbons (Fsp3) is 0.500. The van der Waals surface area contributed by atoms with Crippen LogP contribution < -0.4 is 4.80 Å². The van der Waals surface area contributed by atoms with Crippen LogP contribution in [0.25, 0.3) is 10.2 Å². The van der Waals surface area contributed by atoms with Crippen molar-refractivity contribution in [1.29, 1.82) is 0 Å². The van der Waals surface area contributed by atoms with Gasteiger partial charge in [0.25, 0.3) is 5.91 Å². The Morgan fingerprint density at radius 2 is 2.00 bits per heavy atom. The highest BCUT2D eigenvalue weighted by atomic mass is 32.1. The molecule has 128 valence electrons. The lowest BCUT2D eigenvalue weighted by Crippen LogP contribution is -2.28. The molecule has 1 atom stereocenters. The van der Waals surface area contributed by atoms with Gasteiger partial charge in [0.1, 0.15) is 6.04 Å². The quantitative estimate of drug-likeness (QED) is 0.916. The highest BCUT2D eigenvalue weighted by Crippen LogP contribution is 2.26. The van der Waals surface area contributed by atoms with Crippen LogP contribution in [0, 0.1) is 5.92 Å². The Morgan fingerprint density at radius 1 is 1.29 bits per heavy atom. The lowest BCUT2D eigenvalue weighted by molar-refractivity contribution is -0.141. The molecule has 1 aromatic heterocycles. The standard InChI is InChI=1S/C18H22N2O3S/c1-2-13(17(22)23)20-14-10-6-7-11-15(14)24-18(20)19-16(21)12-8-4-3-5-9-12/h6-7,10-13H,2-5,8-9H2,1H3,(H,22,23)/b19-18+. The van der Waals surface area contributed by atoms with E-state index < -0.39 is 12.0 Å². The largest absolute Gasteiger partial charge is 0.480 e. The second kappa shape index (κ2) is 7.30. The molecule has 1 fully saturated rings. The van der Waals surface area contributed by atoms with Gasteiger partial charge in [-0.25, -0.2) is 4.79 Å². The van der Waals surface area contributed by atoms with Gasteiger partial charge in [0, 0.05) is 5.92 Å². The summed E-state index contributed by atoms with van der Waals surface area (Å²) in [5, 5.41) is 9.57. The maximum atomic E-state index is 12.6. The van der Waals surface area contributed by atoms with Crippen molar-refractivity contribution in [2.75, 3.05) is 0 Å². The highest BCUT2D eigenvalue weighted by molar-refractivity contribution is 7.16. The van der Waals surface area contributed by atoms with E-state index in [0.717, 1.165) is 35.9 Å². The van der Waals surface area contributed by atoms with E-state index in [-0.39, 0.29) is 11.8 Å². The predicted molar refractivity (Wildman–Crippen MR) is 93.9 cm³/mol. The molecule has 1 aromatic carbocycles. The van der Waals surface area contributed by atoms with Gasteiger partial charge in [-0.15, -0.1) is 0 Å². The molecule has 1 unspecified atom stereocenters. The van der Waals surface area contributed by atoms with Crippen LogP contribution in [0.4, 0.5) is 0 Å². The fourth-order valence-corrected chi connectivity index (χ4v) is 4.45. The van der Waals surface area contributed by atoms with Gasteiger partial charge in [0.15, 0.2) is 4.80 Å². The van der Waals surface area contributed by atoms with Crippen molar-refractivity contribution in [2.24, 2.45) is 10.9 Å². The molecule has 0 saturated heterocycles. The van der Waals surface area contributed by atoms with Crippen molar-refractivity contribution < 1.29 is 14.7 Å². The Morgan fingerprint density at radius 3 is 2.67 bits per heavy atom. The third-order valence-corrected chi connectivity index (χ3v) is 5.71. The van der Waals surface area contributed by atoms with E-state index >= 15 is 0 Å². The van der Waals surface area contributed by atoms with Crippen molar-refractivity contribution in [3.8, 4) is 0 Å². The topological polar surface area (TPSA) is 71.7 Å². The number of rotatable bonds is 4. The number of amides is 1. The molecule has 1 amide bonds. The number of hydrogen-bond acceptors (Lipinski definition) is 3. The van der Waals surface area contributed by atoms with Crippen molar-refractivity contribution in [1.82, 2.24) is 4.57 Å². The van der Waals surface area contributed by atoms with E-state index in [4.69, 9.17) is 0 Å². The number of thiazole rings is 1. The van der Waals surface area contributed by atoms with Crippen molar-refractivity contribution in [3.05, 3.63) is 29.1 Å².